The Balaban J connectivity index is 4.22. The zero-order chi connectivity index (χ0) is 9.28. The maximum absolute atomic E-state index is 6.19. The van der Waals surface area contributed by atoms with Gasteiger partial charge in [0.25, 0.3) is 0 Å². The van der Waals surface area contributed by atoms with Crippen LogP contribution in [0.25, 0.3) is 0 Å². The fourth-order valence-corrected chi connectivity index (χ4v) is 1.15. The van der Waals surface area contributed by atoms with Crippen LogP contribution in [-0.2, 0) is 0 Å². The van der Waals surface area contributed by atoms with Crippen molar-refractivity contribution in [2.24, 2.45) is 11.3 Å². The van der Waals surface area contributed by atoms with Crippen LogP contribution in [0.1, 0.15) is 48.0 Å². The fraction of sp³-hybridized carbons (Fsp3) is 1.00. The Labute approximate surface area is 73.2 Å². The molecule has 0 aliphatic heterocycles. The van der Waals surface area contributed by atoms with Crippen molar-refractivity contribution < 1.29 is 0 Å². The van der Waals surface area contributed by atoms with Crippen LogP contribution in [0.5, 0.6) is 0 Å². The molecule has 0 aromatic carbocycles. The molecule has 1 unspecified atom stereocenters. The SMILES string of the molecule is [B]C(C)(CC(C)C)C(C)(C)C. The van der Waals surface area contributed by atoms with Gasteiger partial charge in [-0.1, -0.05) is 53.3 Å². The van der Waals surface area contributed by atoms with Gasteiger partial charge in [-0.05, 0) is 11.3 Å². The van der Waals surface area contributed by atoms with E-state index in [9.17, 15) is 0 Å². The van der Waals surface area contributed by atoms with Crippen molar-refractivity contribution >= 4 is 7.85 Å². The lowest BCUT2D eigenvalue weighted by Crippen LogP contribution is -2.27. The van der Waals surface area contributed by atoms with E-state index in [1.165, 1.54) is 0 Å². The Kier molecular flexibility index (Phi) is 3.22. The van der Waals surface area contributed by atoms with Crippen LogP contribution < -0.4 is 0 Å². The summed E-state index contributed by atoms with van der Waals surface area (Å²) in [6.45, 7) is 13.2. The first-order valence-electron chi connectivity index (χ1n) is 4.46. The summed E-state index contributed by atoms with van der Waals surface area (Å²) in [5, 5.41) is -0.0405. The molecule has 0 fully saturated rings. The van der Waals surface area contributed by atoms with Gasteiger partial charge in [0.1, 0.15) is 0 Å². The van der Waals surface area contributed by atoms with Gasteiger partial charge in [-0.2, -0.15) is 0 Å². The van der Waals surface area contributed by atoms with E-state index in [0.29, 0.717) is 5.92 Å². The largest absolute Gasteiger partial charge is 0.0749 e. The number of hydrogen-bond acceptors (Lipinski definition) is 0. The zero-order valence-corrected chi connectivity index (χ0v) is 8.86. The van der Waals surface area contributed by atoms with Crippen molar-refractivity contribution in [2.75, 3.05) is 0 Å². The molecule has 0 N–H and O–H groups in total. The normalized spacial score (nSPS) is 18.5. The average molecular weight is 152 g/mol. The maximum atomic E-state index is 6.19. The molecule has 0 bridgehead atoms. The van der Waals surface area contributed by atoms with E-state index in [-0.39, 0.29) is 10.7 Å². The van der Waals surface area contributed by atoms with Crippen molar-refractivity contribution in [2.45, 2.75) is 53.3 Å². The molecule has 0 aromatic rings. The van der Waals surface area contributed by atoms with Gasteiger partial charge in [0.2, 0.25) is 0 Å². The second-order valence-electron chi connectivity index (χ2n) is 5.27. The topological polar surface area (TPSA) is 0 Å². The van der Waals surface area contributed by atoms with Gasteiger partial charge in [0.05, 0.1) is 7.85 Å². The van der Waals surface area contributed by atoms with Crippen LogP contribution in [0, 0.1) is 11.3 Å². The van der Waals surface area contributed by atoms with Crippen molar-refractivity contribution in [3.05, 3.63) is 0 Å². The molecule has 0 saturated heterocycles. The lowest BCUT2D eigenvalue weighted by molar-refractivity contribution is 0.244. The third-order valence-corrected chi connectivity index (χ3v) is 2.55. The fourth-order valence-electron chi connectivity index (χ4n) is 1.15. The molecule has 0 aromatic heterocycles. The predicted octanol–water partition coefficient (Wildman–Crippen LogP) is 3.43. The minimum absolute atomic E-state index is 0.0405. The first kappa shape index (κ1) is 11.1. The Hall–Kier alpha value is 0.0649. The summed E-state index contributed by atoms with van der Waals surface area (Å²) >= 11 is 0. The van der Waals surface area contributed by atoms with E-state index in [2.05, 4.69) is 41.5 Å². The standard InChI is InChI=1S/C10H21B/c1-8(2)7-10(6,11)9(3,4)5/h8H,7H2,1-6H3. The Bertz CT molecular complexity index is 117. The third kappa shape index (κ3) is 3.31. The van der Waals surface area contributed by atoms with Gasteiger partial charge >= 0.3 is 0 Å². The molecule has 0 spiro atoms. The predicted molar refractivity (Wildman–Crippen MR) is 53.0 cm³/mol. The van der Waals surface area contributed by atoms with Crippen LogP contribution in [0.3, 0.4) is 0 Å². The van der Waals surface area contributed by atoms with Crippen molar-refractivity contribution in [3.63, 3.8) is 0 Å². The van der Waals surface area contributed by atoms with E-state index in [1.807, 2.05) is 0 Å². The van der Waals surface area contributed by atoms with Crippen LogP contribution in [0.4, 0.5) is 0 Å². The molecular formula is C10H21B. The van der Waals surface area contributed by atoms with Crippen molar-refractivity contribution in [1.82, 2.24) is 0 Å². The van der Waals surface area contributed by atoms with Gasteiger partial charge in [0.15, 0.2) is 0 Å². The van der Waals surface area contributed by atoms with Crippen molar-refractivity contribution in [1.29, 1.82) is 0 Å². The Morgan fingerprint density at radius 2 is 1.45 bits per heavy atom. The maximum Gasteiger partial charge on any atom is 0.0749 e. The molecule has 0 heterocycles. The van der Waals surface area contributed by atoms with Crippen LogP contribution in [-0.4, -0.2) is 7.85 Å². The Morgan fingerprint density at radius 3 is 1.55 bits per heavy atom. The van der Waals surface area contributed by atoms with E-state index in [0.717, 1.165) is 6.42 Å². The van der Waals surface area contributed by atoms with E-state index in [1.54, 1.807) is 0 Å². The summed E-state index contributed by atoms with van der Waals surface area (Å²) in [5.41, 5.74) is 0.206. The molecule has 2 radical (unpaired) electrons. The van der Waals surface area contributed by atoms with Gasteiger partial charge in [-0.15, -0.1) is 0 Å². The minimum Gasteiger partial charge on any atom is -0.0671 e. The highest BCUT2D eigenvalue weighted by atomic mass is 14.3. The van der Waals surface area contributed by atoms with Crippen molar-refractivity contribution in [3.8, 4) is 0 Å². The van der Waals surface area contributed by atoms with Gasteiger partial charge in [-0.25, -0.2) is 0 Å². The smallest absolute Gasteiger partial charge is 0.0671 e. The molecule has 0 rings (SSSR count). The van der Waals surface area contributed by atoms with Gasteiger partial charge in [-0.3, -0.25) is 0 Å². The summed E-state index contributed by atoms with van der Waals surface area (Å²) in [6.07, 6.45) is 1.09. The summed E-state index contributed by atoms with van der Waals surface area (Å²) in [4.78, 5) is 0. The average Bonchev–Trinajstić information content (AvgIpc) is 1.56. The second-order valence-corrected chi connectivity index (χ2v) is 5.27. The summed E-state index contributed by atoms with van der Waals surface area (Å²) < 4.78 is 0. The molecule has 0 nitrogen and oxygen atoms in total. The second kappa shape index (κ2) is 3.20. The van der Waals surface area contributed by atoms with E-state index >= 15 is 0 Å². The summed E-state index contributed by atoms with van der Waals surface area (Å²) in [7, 11) is 6.19. The molecular weight excluding hydrogens is 131 g/mol. The molecule has 64 valence electrons. The minimum atomic E-state index is -0.0405. The molecule has 11 heavy (non-hydrogen) atoms. The molecule has 0 saturated carbocycles. The first-order chi connectivity index (χ1) is 4.67. The highest BCUT2D eigenvalue weighted by Crippen LogP contribution is 2.46. The van der Waals surface area contributed by atoms with E-state index < -0.39 is 0 Å². The molecule has 1 heteroatoms. The quantitative estimate of drug-likeness (QED) is 0.531. The van der Waals surface area contributed by atoms with Crippen LogP contribution >= 0.6 is 0 Å². The lowest BCUT2D eigenvalue weighted by Gasteiger charge is -2.41. The summed E-state index contributed by atoms with van der Waals surface area (Å²) in [5.74, 6) is 0.684. The molecule has 0 aliphatic rings. The van der Waals surface area contributed by atoms with Gasteiger partial charge in [0, 0.05) is 0 Å². The zero-order valence-electron chi connectivity index (χ0n) is 8.86. The van der Waals surface area contributed by atoms with Crippen LogP contribution in [0.2, 0.25) is 5.31 Å². The molecule has 0 aliphatic carbocycles. The highest BCUT2D eigenvalue weighted by Gasteiger charge is 2.32. The van der Waals surface area contributed by atoms with Crippen LogP contribution in [0.15, 0.2) is 0 Å². The van der Waals surface area contributed by atoms with Gasteiger partial charge < -0.3 is 0 Å². The third-order valence-electron chi connectivity index (χ3n) is 2.55. The van der Waals surface area contributed by atoms with E-state index in [4.69, 9.17) is 7.85 Å². The Morgan fingerprint density at radius 1 is 1.09 bits per heavy atom. The summed E-state index contributed by atoms with van der Waals surface area (Å²) in [6, 6.07) is 0. The molecule has 0 amide bonds. The number of rotatable bonds is 2. The monoisotopic (exact) mass is 152 g/mol. The molecule has 1 atom stereocenters. The number of hydrogen-bond donors (Lipinski definition) is 0. The first-order valence-corrected chi connectivity index (χ1v) is 4.46. The highest BCUT2D eigenvalue weighted by molar-refractivity contribution is 6.15. The lowest BCUT2D eigenvalue weighted by atomic mass is 9.53.